The van der Waals surface area contributed by atoms with Gasteiger partial charge in [-0.25, -0.2) is 0 Å². The van der Waals surface area contributed by atoms with E-state index in [0.29, 0.717) is 16.1 Å². The molecule has 0 saturated carbocycles. The summed E-state index contributed by atoms with van der Waals surface area (Å²) < 4.78 is 0.760. The molecule has 1 N–H and O–H groups in total. The van der Waals surface area contributed by atoms with Gasteiger partial charge in [-0.1, -0.05) is 41.9 Å². The molecule has 3 rings (SSSR count). The third kappa shape index (κ3) is 2.33. The molecule has 3 nitrogen and oxygen atoms in total. The summed E-state index contributed by atoms with van der Waals surface area (Å²) in [5.74, 6) is -0.169. The van der Waals surface area contributed by atoms with Gasteiger partial charge in [-0.3, -0.25) is 9.69 Å². The summed E-state index contributed by atoms with van der Waals surface area (Å²) in [6, 6.07) is 13.1. The zero-order valence-corrected chi connectivity index (χ0v) is 15.1. The highest BCUT2D eigenvalue weighted by molar-refractivity contribution is 14.1. The van der Waals surface area contributed by atoms with Crippen molar-refractivity contribution in [1.29, 1.82) is 0 Å². The van der Waals surface area contributed by atoms with Gasteiger partial charge in [0.05, 0.1) is 11.1 Å². The highest BCUT2D eigenvalue weighted by atomic mass is 127. The fourth-order valence-electron chi connectivity index (χ4n) is 2.94. The van der Waals surface area contributed by atoms with Crippen LogP contribution in [0.2, 0.25) is 5.02 Å². The van der Waals surface area contributed by atoms with Crippen molar-refractivity contribution in [2.24, 2.45) is 0 Å². The maximum absolute atomic E-state index is 12.9. The van der Waals surface area contributed by atoms with Crippen LogP contribution in [-0.4, -0.2) is 15.9 Å². The molecule has 0 saturated heterocycles. The molecular formula is C17H15ClINO2. The summed E-state index contributed by atoms with van der Waals surface area (Å²) in [4.78, 5) is 14.4. The van der Waals surface area contributed by atoms with Gasteiger partial charge in [0.25, 0.3) is 5.91 Å². The van der Waals surface area contributed by atoms with Gasteiger partial charge in [0.1, 0.15) is 0 Å². The molecule has 0 aliphatic carbocycles. The maximum atomic E-state index is 12.9. The lowest BCUT2D eigenvalue weighted by Gasteiger charge is -2.38. The van der Waals surface area contributed by atoms with Crippen LogP contribution in [0.1, 0.15) is 41.6 Å². The second-order valence-electron chi connectivity index (χ2n) is 5.83. The monoisotopic (exact) mass is 427 g/mol. The minimum absolute atomic E-state index is 0.169. The first-order valence-electron chi connectivity index (χ1n) is 6.90. The standard InChI is InChI=1S/C17H15ClINO2/c1-17(2,10-6-4-3-5-7-10)20-15(21)12-8-11(18)9-13(19)14(12)16(20)22/h3-9,15,21H,1-2H3. The van der Waals surface area contributed by atoms with Crippen LogP contribution in [0.15, 0.2) is 42.5 Å². The first kappa shape index (κ1) is 15.8. The number of nitrogens with zero attached hydrogens (tertiary/aromatic N) is 1. The zero-order valence-electron chi connectivity index (χ0n) is 12.2. The molecule has 1 amide bonds. The van der Waals surface area contributed by atoms with Crippen molar-refractivity contribution in [2.75, 3.05) is 0 Å². The van der Waals surface area contributed by atoms with Gasteiger partial charge in [0.15, 0.2) is 6.23 Å². The summed E-state index contributed by atoms with van der Waals surface area (Å²) in [6.45, 7) is 3.87. The van der Waals surface area contributed by atoms with Crippen LogP contribution >= 0.6 is 34.2 Å². The van der Waals surface area contributed by atoms with Crippen LogP contribution in [0.4, 0.5) is 0 Å². The van der Waals surface area contributed by atoms with Crippen molar-refractivity contribution in [2.45, 2.75) is 25.6 Å². The Morgan fingerprint density at radius 2 is 1.86 bits per heavy atom. The van der Waals surface area contributed by atoms with E-state index in [2.05, 4.69) is 22.6 Å². The van der Waals surface area contributed by atoms with E-state index in [1.807, 2.05) is 44.2 Å². The van der Waals surface area contributed by atoms with Gasteiger partial charge in [0, 0.05) is 14.2 Å². The van der Waals surface area contributed by atoms with E-state index in [4.69, 9.17) is 11.6 Å². The second-order valence-corrected chi connectivity index (χ2v) is 7.42. The van der Waals surface area contributed by atoms with E-state index in [1.54, 1.807) is 12.1 Å². The number of amides is 1. The van der Waals surface area contributed by atoms with Crippen molar-refractivity contribution in [1.82, 2.24) is 4.90 Å². The molecule has 0 bridgehead atoms. The lowest BCUT2D eigenvalue weighted by atomic mass is 9.92. The Labute approximate surface area is 148 Å². The van der Waals surface area contributed by atoms with Crippen LogP contribution in [-0.2, 0) is 5.54 Å². The Morgan fingerprint density at radius 3 is 2.50 bits per heavy atom. The summed E-state index contributed by atoms with van der Waals surface area (Å²) >= 11 is 8.16. The number of benzene rings is 2. The van der Waals surface area contributed by atoms with E-state index < -0.39 is 11.8 Å². The van der Waals surface area contributed by atoms with Crippen LogP contribution in [0.3, 0.4) is 0 Å². The minimum Gasteiger partial charge on any atom is -0.369 e. The maximum Gasteiger partial charge on any atom is 0.258 e. The molecule has 5 heteroatoms. The van der Waals surface area contributed by atoms with Crippen molar-refractivity contribution in [3.05, 3.63) is 67.7 Å². The fraction of sp³-hybridized carbons (Fsp3) is 0.235. The van der Waals surface area contributed by atoms with E-state index in [-0.39, 0.29) is 5.91 Å². The fourth-order valence-corrected chi connectivity index (χ4v) is 4.23. The topological polar surface area (TPSA) is 40.5 Å². The molecule has 1 aliphatic heterocycles. The Hall–Kier alpha value is -1.11. The lowest BCUT2D eigenvalue weighted by Crippen LogP contribution is -2.44. The van der Waals surface area contributed by atoms with E-state index in [9.17, 15) is 9.90 Å². The molecule has 2 aromatic rings. The third-order valence-corrected chi connectivity index (χ3v) is 5.19. The number of aliphatic hydroxyl groups is 1. The Balaban J connectivity index is 2.11. The van der Waals surface area contributed by atoms with Gasteiger partial charge < -0.3 is 5.11 Å². The number of hydrogen-bond donors (Lipinski definition) is 1. The molecule has 1 heterocycles. The Morgan fingerprint density at radius 1 is 1.23 bits per heavy atom. The predicted molar refractivity (Wildman–Crippen MR) is 94.8 cm³/mol. The van der Waals surface area contributed by atoms with Crippen LogP contribution in [0, 0.1) is 3.57 Å². The van der Waals surface area contributed by atoms with Crippen LogP contribution in [0.25, 0.3) is 0 Å². The number of rotatable bonds is 2. The molecule has 0 spiro atoms. The number of fused-ring (bicyclic) bond motifs is 1. The number of carbonyl (C=O) groups excluding carboxylic acids is 1. The molecule has 2 aromatic carbocycles. The van der Waals surface area contributed by atoms with Gasteiger partial charge in [0.2, 0.25) is 0 Å². The molecular weight excluding hydrogens is 413 g/mol. The van der Waals surface area contributed by atoms with Crippen molar-refractivity contribution >= 4 is 40.1 Å². The van der Waals surface area contributed by atoms with E-state index >= 15 is 0 Å². The molecule has 0 aromatic heterocycles. The summed E-state index contributed by atoms with van der Waals surface area (Å²) in [5, 5.41) is 11.2. The Bertz CT molecular complexity index is 746. The van der Waals surface area contributed by atoms with Crippen molar-refractivity contribution in [3.63, 3.8) is 0 Å². The highest BCUT2D eigenvalue weighted by Gasteiger charge is 2.45. The smallest absolute Gasteiger partial charge is 0.258 e. The summed E-state index contributed by atoms with van der Waals surface area (Å²) in [6.07, 6.45) is -0.995. The molecule has 22 heavy (non-hydrogen) atoms. The average molecular weight is 428 g/mol. The van der Waals surface area contributed by atoms with Crippen LogP contribution < -0.4 is 0 Å². The van der Waals surface area contributed by atoms with Gasteiger partial charge in [-0.05, 0) is 54.1 Å². The summed E-state index contributed by atoms with van der Waals surface area (Å²) in [5.41, 5.74) is 1.45. The number of carbonyl (C=O) groups is 1. The number of hydrogen-bond acceptors (Lipinski definition) is 2. The van der Waals surface area contributed by atoms with Gasteiger partial charge in [-0.2, -0.15) is 0 Å². The Kier molecular flexibility index (Phi) is 3.95. The van der Waals surface area contributed by atoms with Gasteiger partial charge in [-0.15, -0.1) is 0 Å². The molecule has 114 valence electrons. The molecule has 1 atom stereocenters. The first-order chi connectivity index (χ1) is 10.3. The number of aliphatic hydroxyl groups excluding tert-OH is 1. The zero-order chi connectivity index (χ0) is 16.1. The van der Waals surface area contributed by atoms with Crippen molar-refractivity contribution in [3.8, 4) is 0 Å². The normalized spacial score (nSPS) is 17.8. The molecule has 1 aliphatic rings. The minimum atomic E-state index is -0.995. The largest absolute Gasteiger partial charge is 0.369 e. The lowest BCUT2D eigenvalue weighted by molar-refractivity contribution is -0.0305. The number of halogens is 2. The third-order valence-electron chi connectivity index (χ3n) is 4.12. The van der Waals surface area contributed by atoms with Crippen molar-refractivity contribution < 1.29 is 9.90 Å². The summed E-state index contributed by atoms with van der Waals surface area (Å²) in [7, 11) is 0. The quantitative estimate of drug-likeness (QED) is 0.725. The van der Waals surface area contributed by atoms with E-state index in [1.165, 1.54) is 4.90 Å². The molecule has 0 fully saturated rings. The first-order valence-corrected chi connectivity index (χ1v) is 8.36. The highest BCUT2D eigenvalue weighted by Crippen LogP contribution is 2.43. The van der Waals surface area contributed by atoms with E-state index in [0.717, 1.165) is 9.13 Å². The van der Waals surface area contributed by atoms with Crippen LogP contribution in [0.5, 0.6) is 0 Å². The molecule has 1 unspecified atom stereocenters. The van der Waals surface area contributed by atoms with Gasteiger partial charge >= 0.3 is 0 Å². The second kappa shape index (κ2) is 5.51. The average Bonchev–Trinajstić information content (AvgIpc) is 2.72. The predicted octanol–water partition coefficient (Wildman–Crippen LogP) is 4.33. The SMILES string of the molecule is CC(C)(c1ccccc1)N1C(=O)c2c(I)cc(Cl)cc2C1O. The molecule has 0 radical (unpaired) electrons.